The molecule has 1 aromatic heterocycles. The summed E-state index contributed by atoms with van der Waals surface area (Å²) in [6, 6.07) is 11.5. The van der Waals surface area contributed by atoms with Crippen LogP contribution in [0.15, 0.2) is 47.6 Å². The molecule has 6 nitrogen and oxygen atoms in total. The second-order valence-electron chi connectivity index (χ2n) is 7.02. The molecule has 0 aliphatic rings. The van der Waals surface area contributed by atoms with E-state index < -0.39 is 46.7 Å². The molecule has 0 fully saturated rings. The van der Waals surface area contributed by atoms with Crippen LogP contribution in [0.3, 0.4) is 0 Å². The highest BCUT2D eigenvalue weighted by Crippen LogP contribution is 2.23. The molecule has 0 unspecified atom stereocenters. The van der Waals surface area contributed by atoms with Gasteiger partial charge in [-0.25, -0.2) is 18.2 Å². The Balaban J connectivity index is 1.51. The summed E-state index contributed by atoms with van der Waals surface area (Å²) in [7, 11) is 0. The molecular weight excluding hydrogens is 441 g/mol. The molecule has 1 heterocycles. The van der Waals surface area contributed by atoms with Crippen molar-refractivity contribution in [3.8, 4) is 0 Å². The Hall–Kier alpha value is -3.27. The number of anilines is 1. The lowest BCUT2D eigenvalue weighted by molar-refractivity contribution is -0.123. The Kier molecular flexibility index (Phi) is 7.57. The van der Waals surface area contributed by atoms with Gasteiger partial charge in [0, 0.05) is 12.1 Å². The van der Waals surface area contributed by atoms with Crippen molar-refractivity contribution >= 4 is 29.3 Å². The number of amides is 2. The molecule has 3 rings (SSSR count). The van der Waals surface area contributed by atoms with E-state index in [2.05, 4.69) is 20.6 Å². The summed E-state index contributed by atoms with van der Waals surface area (Å²) >= 11 is 1.20. The summed E-state index contributed by atoms with van der Waals surface area (Å²) in [5.41, 5.74) is 2.38. The molecule has 3 aromatic rings. The zero-order valence-corrected chi connectivity index (χ0v) is 18.2. The van der Waals surface area contributed by atoms with Crippen LogP contribution in [0.1, 0.15) is 23.9 Å². The first-order valence-electron chi connectivity index (χ1n) is 9.71. The van der Waals surface area contributed by atoms with Crippen LogP contribution < -0.4 is 10.6 Å². The Bertz CT molecular complexity index is 1120. The number of aromatic nitrogens is 2. The highest BCUT2D eigenvalue weighted by atomic mass is 32.2. The average molecular weight is 462 g/mol. The van der Waals surface area contributed by atoms with Gasteiger partial charge in [0.15, 0.2) is 22.6 Å². The van der Waals surface area contributed by atoms with Gasteiger partial charge in [0.2, 0.25) is 11.8 Å². The van der Waals surface area contributed by atoms with E-state index in [1.54, 1.807) is 6.92 Å². The molecule has 0 aliphatic carbocycles. The van der Waals surface area contributed by atoms with Gasteiger partial charge in [0.05, 0.1) is 23.2 Å². The van der Waals surface area contributed by atoms with Gasteiger partial charge in [-0.15, -0.1) is 0 Å². The third-order valence-electron chi connectivity index (χ3n) is 4.57. The molecule has 0 aliphatic heterocycles. The number of aryl methyl sites for hydroxylation is 1. The lowest BCUT2D eigenvalue weighted by Gasteiger charge is -2.11. The molecule has 3 N–H and O–H groups in total. The lowest BCUT2D eigenvalue weighted by atomic mass is 10.1. The third kappa shape index (κ3) is 5.91. The molecule has 32 heavy (non-hydrogen) atoms. The van der Waals surface area contributed by atoms with E-state index in [9.17, 15) is 22.8 Å². The van der Waals surface area contributed by atoms with Crippen molar-refractivity contribution in [2.75, 3.05) is 11.9 Å². The number of imidazole rings is 1. The van der Waals surface area contributed by atoms with E-state index in [1.807, 2.05) is 37.3 Å². The summed E-state index contributed by atoms with van der Waals surface area (Å²) in [5, 5.41) is 4.52. The second kappa shape index (κ2) is 10.4. The maximum Gasteiger partial charge on any atom is 0.243 e. The minimum absolute atomic E-state index is 0.436. The van der Waals surface area contributed by atoms with E-state index in [0.717, 1.165) is 23.0 Å². The van der Waals surface area contributed by atoms with Crippen molar-refractivity contribution in [1.82, 2.24) is 15.3 Å². The van der Waals surface area contributed by atoms with Crippen molar-refractivity contribution in [2.24, 2.45) is 0 Å². The first-order valence-corrected chi connectivity index (χ1v) is 10.6. The SMILES string of the molecule is Cc1[nH]c(S[C@@H](C)C(=O)NCC(=O)Nc2ccc(F)c(F)c2F)nc1Cc1ccccc1. The number of hydrogen-bond acceptors (Lipinski definition) is 4. The minimum atomic E-state index is -1.68. The van der Waals surface area contributed by atoms with Crippen molar-refractivity contribution in [1.29, 1.82) is 0 Å². The molecule has 0 bridgehead atoms. The fraction of sp³-hybridized carbons (Fsp3) is 0.227. The first kappa shape index (κ1) is 23.4. The number of hydrogen-bond donors (Lipinski definition) is 3. The molecule has 0 radical (unpaired) electrons. The van der Waals surface area contributed by atoms with Gasteiger partial charge in [0.25, 0.3) is 0 Å². The Labute approximate surface area is 187 Å². The van der Waals surface area contributed by atoms with E-state index in [4.69, 9.17) is 0 Å². The number of carbonyl (C=O) groups excluding carboxylic acids is 2. The number of thioether (sulfide) groups is 1. The zero-order valence-electron chi connectivity index (χ0n) is 17.3. The number of H-pyrrole nitrogens is 1. The van der Waals surface area contributed by atoms with Gasteiger partial charge in [-0.2, -0.15) is 0 Å². The maximum absolute atomic E-state index is 13.6. The summed E-state index contributed by atoms with van der Waals surface area (Å²) < 4.78 is 39.8. The predicted molar refractivity (Wildman–Crippen MR) is 116 cm³/mol. The number of nitrogens with one attached hydrogen (secondary N) is 3. The molecule has 0 spiro atoms. The topological polar surface area (TPSA) is 86.9 Å². The second-order valence-corrected chi connectivity index (χ2v) is 8.35. The Morgan fingerprint density at radius 3 is 2.53 bits per heavy atom. The van der Waals surface area contributed by atoms with Crippen molar-refractivity contribution < 1.29 is 22.8 Å². The number of benzene rings is 2. The number of carbonyl (C=O) groups is 2. The van der Waals surface area contributed by atoms with Crippen LogP contribution in [0.4, 0.5) is 18.9 Å². The summed E-state index contributed by atoms with van der Waals surface area (Å²) in [6.07, 6.45) is 0.658. The lowest BCUT2D eigenvalue weighted by Crippen LogP contribution is -2.37. The Morgan fingerprint density at radius 1 is 1.09 bits per heavy atom. The molecule has 10 heteroatoms. The van der Waals surface area contributed by atoms with Crippen LogP contribution in [0.5, 0.6) is 0 Å². The van der Waals surface area contributed by atoms with Gasteiger partial charge in [-0.3, -0.25) is 9.59 Å². The van der Waals surface area contributed by atoms with Crippen LogP contribution in [0.25, 0.3) is 0 Å². The largest absolute Gasteiger partial charge is 0.346 e. The Morgan fingerprint density at radius 2 is 1.81 bits per heavy atom. The summed E-state index contributed by atoms with van der Waals surface area (Å²) in [6.45, 7) is 3.10. The third-order valence-corrected chi connectivity index (χ3v) is 5.55. The molecule has 0 saturated carbocycles. The number of nitrogens with zero attached hydrogens (tertiary/aromatic N) is 1. The first-order chi connectivity index (χ1) is 15.2. The van der Waals surface area contributed by atoms with E-state index in [1.165, 1.54) is 11.8 Å². The fourth-order valence-electron chi connectivity index (χ4n) is 2.83. The normalized spacial score (nSPS) is 11.8. The minimum Gasteiger partial charge on any atom is -0.346 e. The molecule has 0 saturated heterocycles. The molecule has 168 valence electrons. The fourth-order valence-corrected chi connectivity index (χ4v) is 3.73. The van der Waals surface area contributed by atoms with E-state index >= 15 is 0 Å². The van der Waals surface area contributed by atoms with Crippen molar-refractivity contribution in [3.05, 3.63) is 76.9 Å². The highest BCUT2D eigenvalue weighted by molar-refractivity contribution is 8.00. The van der Waals surface area contributed by atoms with Crippen LogP contribution in [-0.2, 0) is 16.0 Å². The van der Waals surface area contributed by atoms with Crippen LogP contribution >= 0.6 is 11.8 Å². The molecule has 2 aromatic carbocycles. The van der Waals surface area contributed by atoms with Gasteiger partial charge < -0.3 is 15.6 Å². The highest BCUT2D eigenvalue weighted by Gasteiger charge is 2.19. The van der Waals surface area contributed by atoms with Crippen molar-refractivity contribution in [3.63, 3.8) is 0 Å². The summed E-state index contributed by atoms with van der Waals surface area (Å²) in [5.74, 6) is -5.76. The number of rotatable bonds is 8. The summed E-state index contributed by atoms with van der Waals surface area (Å²) in [4.78, 5) is 31.9. The van der Waals surface area contributed by atoms with Gasteiger partial charge in [-0.1, -0.05) is 42.1 Å². The number of aromatic amines is 1. The van der Waals surface area contributed by atoms with E-state index in [-0.39, 0.29) is 0 Å². The van der Waals surface area contributed by atoms with Gasteiger partial charge >= 0.3 is 0 Å². The molecule has 1 atom stereocenters. The van der Waals surface area contributed by atoms with Gasteiger partial charge in [-0.05, 0) is 31.5 Å². The predicted octanol–water partition coefficient (Wildman–Crippen LogP) is 3.96. The van der Waals surface area contributed by atoms with Crippen LogP contribution in [0.2, 0.25) is 0 Å². The zero-order chi connectivity index (χ0) is 23.3. The maximum atomic E-state index is 13.6. The number of halogens is 3. The van der Waals surface area contributed by atoms with E-state index in [0.29, 0.717) is 17.6 Å². The average Bonchev–Trinajstić information content (AvgIpc) is 3.11. The van der Waals surface area contributed by atoms with Crippen molar-refractivity contribution in [2.45, 2.75) is 30.7 Å². The van der Waals surface area contributed by atoms with Gasteiger partial charge in [0.1, 0.15) is 0 Å². The van der Waals surface area contributed by atoms with Crippen LogP contribution in [0, 0.1) is 24.4 Å². The smallest absolute Gasteiger partial charge is 0.243 e. The standard InChI is InChI=1S/C22H21F3N4O2S/c1-12-17(10-14-6-4-3-5-7-14)29-22(27-12)32-13(2)21(31)26-11-18(30)28-16-9-8-15(23)19(24)20(16)25/h3-9,13H,10-11H2,1-2H3,(H,26,31)(H,27,29)(H,28,30)/t13-/m0/s1. The molecular formula is C22H21F3N4O2S. The monoisotopic (exact) mass is 462 g/mol. The molecule has 2 amide bonds. The van der Waals surface area contributed by atoms with Crippen LogP contribution in [-0.4, -0.2) is 33.6 Å². The quantitative estimate of drug-likeness (QED) is 0.349.